The molecule has 1 amide bonds. The lowest BCUT2D eigenvalue weighted by Gasteiger charge is -2.13. The fraction of sp³-hybridized carbons (Fsp3) is 0.0714. The van der Waals surface area contributed by atoms with Crippen LogP contribution in [-0.4, -0.2) is 26.4 Å². The van der Waals surface area contributed by atoms with E-state index in [2.05, 4.69) is 5.32 Å². The third-order valence-electron chi connectivity index (χ3n) is 5.19. The van der Waals surface area contributed by atoms with Gasteiger partial charge in [-0.1, -0.05) is 54.1 Å². The number of amides is 1. The lowest BCUT2D eigenvalue weighted by atomic mass is 10.0. The lowest BCUT2D eigenvalue weighted by Crippen LogP contribution is -2.13. The molecule has 0 radical (unpaired) electrons. The fourth-order valence-electron chi connectivity index (χ4n) is 3.55. The van der Waals surface area contributed by atoms with Crippen LogP contribution in [0.5, 0.6) is 11.5 Å². The number of carbonyl (C=O) groups excluding carboxylic acids is 2. The second-order valence-electron chi connectivity index (χ2n) is 8.19. The van der Waals surface area contributed by atoms with Gasteiger partial charge >= 0.3 is 0 Å². The molecule has 6 nitrogen and oxygen atoms in total. The Bertz CT molecular complexity index is 1520. The molecule has 0 saturated carbocycles. The molecule has 0 aromatic heterocycles. The summed E-state index contributed by atoms with van der Waals surface area (Å²) in [5.74, 6) is 0.110. The number of anilines is 1. The molecule has 0 aliphatic rings. The van der Waals surface area contributed by atoms with E-state index in [-0.39, 0.29) is 11.5 Å². The van der Waals surface area contributed by atoms with Crippen molar-refractivity contribution < 1.29 is 22.7 Å². The number of rotatable bonds is 8. The molecule has 4 rings (SSSR count). The highest BCUT2D eigenvalue weighted by Gasteiger charge is 2.14. The number of hydrogen-bond acceptors (Lipinski definition) is 5. The van der Waals surface area contributed by atoms with Gasteiger partial charge in [0.15, 0.2) is 21.4 Å². The second-order valence-corrected chi connectivity index (χ2v) is 10.8. The summed E-state index contributed by atoms with van der Waals surface area (Å²) < 4.78 is 29.2. The van der Waals surface area contributed by atoms with Crippen molar-refractivity contribution in [2.75, 3.05) is 11.6 Å². The average Bonchev–Trinajstić information content (AvgIpc) is 2.85. The summed E-state index contributed by atoms with van der Waals surface area (Å²) in [6.45, 7) is 0. The van der Waals surface area contributed by atoms with Gasteiger partial charge in [-0.05, 0) is 60.2 Å². The van der Waals surface area contributed by atoms with Gasteiger partial charge in [0.1, 0.15) is 5.75 Å². The normalized spacial score (nSPS) is 11.1. The third-order valence-corrected chi connectivity index (χ3v) is 6.28. The van der Waals surface area contributed by atoms with Gasteiger partial charge in [-0.25, -0.2) is 8.42 Å². The highest BCUT2D eigenvalue weighted by molar-refractivity contribution is 7.89. The molecule has 0 unspecified atom stereocenters. The molecule has 0 saturated heterocycles. The van der Waals surface area contributed by atoms with E-state index in [1.165, 1.54) is 6.07 Å². The van der Waals surface area contributed by atoms with Crippen LogP contribution in [0.15, 0.2) is 97.1 Å². The van der Waals surface area contributed by atoms with Crippen LogP contribution in [0.3, 0.4) is 0 Å². The maximum Gasteiger partial charge on any atom is 0.255 e. The van der Waals surface area contributed by atoms with Crippen molar-refractivity contribution in [1.82, 2.24) is 0 Å². The van der Waals surface area contributed by atoms with Crippen LogP contribution < -0.4 is 10.1 Å². The van der Waals surface area contributed by atoms with Crippen molar-refractivity contribution >= 4 is 38.8 Å². The fourth-order valence-corrected chi connectivity index (χ4v) is 4.50. The second kappa shape index (κ2) is 10.8. The SMILES string of the molecule is CS(=O)(=O)Cc1cccc(C(=O)Nc2cc(Cl)ccc2Oc2ccc(C(=O)c3ccccc3)cc2)c1. The molecule has 1 N–H and O–H groups in total. The number of sulfone groups is 1. The monoisotopic (exact) mass is 519 g/mol. The van der Waals surface area contributed by atoms with Gasteiger partial charge in [-0.3, -0.25) is 9.59 Å². The molecule has 182 valence electrons. The van der Waals surface area contributed by atoms with Crippen LogP contribution in [0, 0.1) is 0 Å². The first-order valence-electron chi connectivity index (χ1n) is 10.9. The molecule has 0 atom stereocenters. The quantitative estimate of drug-likeness (QED) is 0.281. The van der Waals surface area contributed by atoms with Gasteiger partial charge in [0.2, 0.25) is 0 Å². The van der Waals surface area contributed by atoms with Gasteiger partial charge < -0.3 is 10.1 Å². The van der Waals surface area contributed by atoms with E-state index in [0.29, 0.717) is 44.5 Å². The average molecular weight is 520 g/mol. The zero-order chi connectivity index (χ0) is 25.7. The Morgan fingerprint density at radius 2 is 1.47 bits per heavy atom. The Morgan fingerprint density at radius 3 is 2.17 bits per heavy atom. The van der Waals surface area contributed by atoms with Crippen LogP contribution in [0.4, 0.5) is 5.69 Å². The molecule has 0 bridgehead atoms. The number of ketones is 1. The standard InChI is InChI=1S/C28H22ClNO5S/c1-36(33,34)18-19-6-5-9-22(16-19)28(32)30-25-17-23(29)12-15-26(25)35-24-13-10-21(11-14-24)27(31)20-7-3-2-4-8-20/h2-17H,18H2,1H3,(H,30,32). The first-order chi connectivity index (χ1) is 17.2. The van der Waals surface area contributed by atoms with E-state index in [9.17, 15) is 18.0 Å². The summed E-state index contributed by atoms with van der Waals surface area (Å²) in [6.07, 6.45) is 1.14. The van der Waals surface area contributed by atoms with Crippen LogP contribution in [0.25, 0.3) is 0 Å². The Balaban J connectivity index is 1.52. The number of ether oxygens (including phenoxy) is 1. The number of halogens is 1. The molecule has 0 fully saturated rings. The zero-order valence-corrected chi connectivity index (χ0v) is 20.8. The minimum absolute atomic E-state index is 0.0975. The minimum atomic E-state index is -3.24. The van der Waals surface area contributed by atoms with Gasteiger partial charge in [-0.15, -0.1) is 0 Å². The molecule has 0 heterocycles. The van der Waals surface area contributed by atoms with Crippen LogP contribution in [0.1, 0.15) is 31.8 Å². The Kier molecular flexibility index (Phi) is 7.52. The van der Waals surface area contributed by atoms with E-state index in [0.717, 1.165) is 6.26 Å². The molecule has 0 aliphatic carbocycles. The maximum absolute atomic E-state index is 12.9. The van der Waals surface area contributed by atoms with Gasteiger partial charge in [0, 0.05) is 28.0 Å². The predicted octanol–water partition coefficient (Wildman–Crippen LogP) is 6.16. The van der Waals surface area contributed by atoms with Gasteiger partial charge in [-0.2, -0.15) is 0 Å². The molecule has 4 aromatic carbocycles. The van der Waals surface area contributed by atoms with E-state index in [1.54, 1.807) is 72.8 Å². The summed E-state index contributed by atoms with van der Waals surface area (Å²) >= 11 is 6.15. The molecule has 4 aromatic rings. The molecule has 0 aliphatic heterocycles. The van der Waals surface area contributed by atoms with Crippen molar-refractivity contribution in [2.24, 2.45) is 0 Å². The maximum atomic E-state index is 12.9. The minimum Gasteiger partial charge on any atom is -0.455 e. The van der Waals surface area contributed by atoms with Crippen molar-refractivity contribution in [1.29, 1.82) is 0 Å². The van der Waals surface area contributed by atoms with Crippen molar-refractivity contribution in [2.45, 2.75) is 5.75 Å². The van der Waals surface area contributed by atoms with E-state index in [4.69, 9.17) is 16.3 Å². The Labute approximate surface area is 214 Å². The van der Waals surface area contributed by atoms with E-state index < -0.39 is 15.7 Å². The summed E-state index contributed by atoms with van der Waals surface area (Å²) in [6, 6.07) is 26.9. The smallest absolute Gasteiger partial charge is 0.255 e. The van der Waals surface area contributed by atoms with Crippen molar-refractivity contribution in [3.8, 4) is 11.5 Å². The van der Waals surface area contributed by atoms with Crippen LogP contribution >= 0.6 is 11.6 Å². The topological polar surface area (TPSA) is 89.5 Å². The highest BCUT2D eigenvalue weighted by Crippen LogP contribution is 2.33. The predicted molar refractivity (Wildman–Crippen MR) is 141 cm³/mol. The first-order valence-corrected chi connectivity index (χ1v) is 13.4. The van der Waals surface area contributed by atoms with Crippen molar-refractivity contribution in [3.63, 3.8) is 0 Å². The molecule has 36 heavy (non-hydrogen) atoms. The summed E-state index contributed by atoms with van der Waals surface area (Å²) in [5, 5.41) is 3.17. The summed E-state index contributed by atoms with van der Waals surface area (Å²) in [7, 11) is -3.24. The molecule has 0 spiro atoms. The van der Waals surface area contributed by atoms with Gasteiger partial charge in [0.05, 0.1) is 11.4 Å². The highest BCUT2D eigenvalue weighted by atomic mass is 35.5. The zero-order valence-electron chi connectivity index (χ0n) is 19.3. The number of hydrogen-bond donors (Lipinski definition) is 1. The molecule has 8 heteroatoms. The molecular formula is C28H22ClNO5S. The number of benzene rings is 4. The first kappa shape index (κ1) is 25.2. The summed E-state index contributed by atoms with van der Waals surface area (Å²) in [4.78, 5) is 25.5. The third kappa shape index (κ3) is 6.59. The Morgan fingerprint density at radius 1 is 0.806 bits per heavy atom. The largest absolute Gasteiger partial charge is 0.455 e. The van der Waals surface area contributed by atoms with Gasteiger partial charge in [0.25, 0.3) is 5.91 Å². The van der Waals surface area contributed by atoms with E-state index in [1.807, 2.05) is 18.2 Å². The van der Waals surface area contributed by atoms with Crippen LogP contribution in [0.2, 0.25) is 5.02 Å². The Hall–Kier alpha value is -3.94. The lowest BCUT2D eigenvalue weighted by molar-refractivity contribution is 0.102. The number of carbonyl (C=O) groups is 2. The molecular weight excluding hydrogens is 498 g/mol. The van der Waals surface area contributed by atoms with E-state index >= 15 is 0 Å². The summed E-state index contributed by atoms with van der Waals surface area (Å²) in [5.41, 5.74) is 2.26. The van der Waals surface area contributed by atoms with Crippen molar-refractivity contribution in [3.05, 3.63) is 124 Å². The van der Waals surface area contributed by atoms with Crippen LogP contribution in [-0.2, 0) is 15.6 Å². The number of nitrogens with one attached hydrogen (secondary N) is 1.